The Balaban J connectivity index is 1.56. The van der Waals surface area contributed by atoms with E-state index in [-0.39, 0.29) is 16.6 Å². The number of aromatic nitrogens is 1. The quantitative estimate of drug-likeness (QED) is 0.257. The smallest absolute Gasteiger partial charge is 0.265 e. The van der Waals surface area contributed by atoms with Gasteiger partial charge in [-0.1, -0.05) is 36.4 Å². The van der Waals surface area contributed by atoms with Gasteiger partial charge in [0.15, 0.2) is 5.11 Å². The minimum atomic E-state index is -0.465. The summed E-state index contributed by atoms with van der Waals surface area (Å²) in [5.74, 6) is 0.0633. The number of benzene rings is 2. The summed E-state index contributed by atoms with van der Waals surface area (Å²) in [6.07, 6.45) is 4.46. The molecule has 0 atom stereocenters. The number of para-hydroxylation sites is 2. The van der Waals surface area contributed by atoms with E-state index in [1.54, 1.807) is 6.08 Å². The molecule has 6 nitrogen and oxygen atoms in total. The maximum absolute atomic E-state index is 12.8. The Bertz CT molecular complexity index is 1230. The fraction of sp³-hybridized carbons (Fsp3) is 0.240. The Labute approximate surface area is 192 Å². The van der Waals surface area contributed by atoms with Crippen LogP contribution >= 0.6 is 12.2 Å². The Morgan fingerprint density at radius 2 is 1.84 bits per heavy atom. The molecule has 1 aromatic heterocycles. The lowest BCUT2D eigenvalue weighted by Gasteiger charge is -2.27. The normalized spacial score (nSPS) is 15.5. The fourth-order valence-electron chi connectivity index (χ4n) is 3.85. The molecule has 7 heteroatoms. The van der Waals surface area contributed by atoms with Crippen LogP contribution in [0, 0.1) is 6.92 Å². The molecule has 0 radical (unpaired) electrons. The number of nitrogens with zero attached hydrogens (tertiary/aromatic N) is 2. The predicted molar refractivity (Wildman–Crippen MR) is 129 cm³/mol. The third-order valence-corrected chi connectivity index (χ3v) is 5.84. The highest BCUT2D eigenvalue weighted by Gasteiger charge is 2.32. The number of carbonyl (C=O) groups is 2. The molecule has 2 amide bonds. The number of carbonyl (C=O) groups excluding carboxylic acids is 2. The SMILES string of the molecule is CCN1C(=O)/C(=C/c2cn(CCCOc3ccccc3C)c3ccccc23)C(=O)NC1=S. The lowest BCUT2D eigenvalue weighted by Crippen LogP contribution is -2.53. The summed E-state index contributed by atoms with van der Waals surface area (Å²) >= 11 is 5.11. The Morgan fingerprint density at radius 1 is 1.09 bits per heavy atom. The van der Waals surface area contributed by atoms with Crippen LogP contribution in [0.4, 0.5) is 0 Å². The minimum absolute atomic E-state index is 0.0891. The monoisotopic (exact) mass is 447 g/mol. The highest BCUT2D eigenvalue weighted by atomic mass is 32.1. The van der Waals surface area contributed by atoms with Gasteiger partial charge < -0.3 is 9.30 Å². The topological polar surface area (TPSA) is 63.6 Å². The van der Waals surface area contributed by atoms with E-state index in [9.17, 15) is 9.59 Å². The third-order valence-electron chi connectivity index (χ3n) is 5.52. The van der Waals surface area contributed by atoms with E-state index in [0.717, 1.165) is 40.7 Å². The molecule has 2 aromatic carbocycles. The van der Waals surface area contributed by atoms with Gasteiger partial charge in [0.05, 0.1) is 6.61 Å². The predicted octanol–water partition coefficient (Wildman–Crippen LogP) is 4.07. The van der Waals surface area contributed by atoms with Crippen molar-refractivity contribution in [3.63, 3.8) is 0 Å². The molecule has 1 aliphatic rings. The summed E-state index contributed by atoms with van der Waals surface area (Å²) in [5, 5.41) is 3.74. The summed E-state index contributed by atoms with van der Waals surface area (Å²) in [4.78, 5) is 26.6. The van der Waals surface area contributed by atoms with E-state index in [1.165, 1.54) is 4.90 Å². The van der Waals surface area contributed by atoms with Crippen molar-refractivity contribution in [3.05, 3.63) is 71.4 Å². The Morgan fingerprint density at radius 3 is 2.62 bits per heavy atom. The van der Waals surface area contributed by atoms with Crippen molar-refractivity contribution in [3.8, 4) is 5.75 Å². The lowest BCUT2D eigenvalue weighted by molar-refractivity contribution is -0.128. The minimum Gasteiger partial charge on any atom is -0.493 e. The molecule has 1 N–H and O–H groups in total. The first kappa shape index (κ1) is 21.8. The molecule has 1 aliphatic heterocycles. The molecule has 164 valence electrons. The highest BCUT2D eigenvalue weighted by Crippen LogP contribution is 2.25. The van der Waals surface area contributed by atoms with Crippen molar-refractivity contribution >= 4 is 46.1 Å². The Hall–Kier alpha value is -3.45. The third kappa shape index (κ3) is 4.29. The maximum Gasteiger partial charge on any atom is 0.265 e. The molecule has 0 unspecified atom stereocenters. The van der Waals surface area contributed by atoms with Gasteiger partial charge in [-0.25, -0.2) is 0 Å². The van der Waals surface area contributed by atoms with E-state index in [4.69, 9.17) is 17.0 Å². The number of likely N-dealkylation sites (N-methyl/N-ethyl adjacent to an activating group) is 1. The average molecular weight is 448 g/mol. The number of amides is 2. The second-order valence-corrected chi connectivity index (χ2v) is 8.02. The zero-order chi connectivity index (χ0) is 22.7. The first-order chi connectivity index (χ1) is 15.5. The largest absolute Gasteiger partial charge is 0.493 e. The summed E-state index contributed by atoms with van der Waals surface area (Å²) in [6, 6.07) is 15.9. The summed E-state index contributed by atoms with van der Waals surface area (Å²) in [7, 11) is 0. The number of nitrogens with one attached hydrogen (secondary N) is 1. The van der Waals surface area contributed by atoms with Gasteiger partial charge in [0.1, 0.15) is 11.3 Å². The van der Waals surface area contributed by atoms with E-state index in [2.05, 4.69) is 9.88 Å². The van der Waals surface area contributed by atoms with Crippen LogP contribution in [-0.2, 0) is 16.1 Å². The Kier molecular flexibility index (Phi) is 6.37. The second kappa shape index (κ2) is 9.36. The molecule has 0 saturated carbocycles. The molecule has 2 heterocycles. The van der Waals surface area contributed by atoms with Gasteiger partial charge in [0.2, 0.25) is 0 Å². The fourth-order valence-corrected chi connectivity index (χ4v) is 4.15. The van der Waals surface area contributed by atoms with Crippen LogP contribution in [0.2, 0.25) is 0 Å². The average Bonchev–Trinajstić information content (AvgIpc) is 3.13. The molecule has 3 aromatic rings. The lowest BCUT2D eigenvalue weighted by atomic mass is 10.1. The number of fused-ring (bicyclic) bond motifs is 1. The van der Waals surface area contributed by atoms with E-state index >= 15 is 0 Å². The van der Waals surface area contributed by atoms with Gasteiger partial charge in [-0.15, -0.1) is 0 Å². The first-order valence-corrected chi connectivity index (χ1v) is 11.1. The molecule has 1 fully saturated rings. The second-order valence-electron chi connectivity index (χ2n) is 7.63. The molecule has 4 rings (SSSR count). The summed E-state index contributed by atoms with van der Waals surface area (Å²) in [6.45, 7) is 5.60. The summed E-state index contributed by atoms with van der Waals surface area (Å²) < 4.78 is 8.06. The molecule has 32 heavy (non-hydrogen) atoms. The van der Waals surface area contributed by atoms with Gasteiger partial charge in [-0.2, -0.15) is 0 Å². The van der Waals surface area contributed by atoms with Gasteiger partial charge in [0, 0.05) is 35.8 Å². The van der Waals surface area contributed by atoms with Crippen molar-refractivity contribution in [2.75, 3.05) is 13.2 Å². The maximum atomic E-state index is 12.8. The number of thiocarbonyl (C=S) groups is 1. The van der Waals surface area contributed by atoms with Gasteiger partial charge in [-0.3, -0.25) is 19.8 Å². The van der Waals surface area contributed by atoms with Crippen LogP contribution in [0.1, 0.15) is 24.5 Å². The molecule has 0 aliphatic carbocycles. The molecular weight excluding hydrogens is 422 g/mol. The van der Waals surface area contributed by atoms with E-state index < -0.39 is 5.91 Å². The van der Waals surface area contributed by atoms with Gasteiger partial charge in [0.25, 0.3) is 11.8 Å². The van der Waals surface area contributed by atoms with Crippen LogP contribution in [0.15, 0.2) is 60.3 Å². The summed E-state index contributed by atoms with van der Waals surface area (Å²) in [5.41, 5.74) is 3.07. The van der Waals surface area contributed by atoms with Crippen molar-refractivity contribution in [1.82, 2.24) is 14.8 Å². The van der Waals surface area contributed by atoms with Gasteiger partial charge in [-0.05, 0) is 56.3 Å². The standard InChI is InChI=1S/C25H25N3O3S/c1-3-28-24(30)20(23(29)26-25(28)32)15-18-16-27(21-11-6-5-10-19(18)21)13-8-14-31-22-12-7-4-9-17(22)2/h4-7,9-12,15-16H,3,8,13-14H2,1-2H3,(H,26,29,32)/b20-15+. The van der Waals surface area contributed by atoms with E-state index in [0.29, 0.717) is 13.2 Å². The van der Waals surface area contributed by atoms with Crippen LogP contribution in [0.25, 0.3) is 17.0 Å². The van der Waals surface area contributed by atoms with Crippen molar-refractivity contribution in [1.29, 1.82) is 0 Å². The van der Waals surface area contributed by atoms with Crippen LogP contribution in [0.3, 0.4) is 0 Å². The van der Waals surface area contributed by atoms with Gasteiger partial charge >= 0.3 is 0 Å². The number of aryl methyl sites for hydroxylation is 2. The molecular formula is C25H25N3O3S. The zero-order valence-electron chi connectivity index (χ0n) is 18.1. The van der Waals surface area contributed by atoms with Crippen LogP contribution in [-0.4, -0.2) is 39.5 Å². The number of rotatable bonds is 7. The first-order valence-electron chi connectivity index (χ1n) is 10.6. The molecule has 0 spiro atoms. The van der Waals surface area contributed by atoms with Crippen molar-refractivity contribution < 1.29 is 14.3 Å². The highest BCUT2D eigenvalue weighted by molar-refractivity contribution is 7.80. The molecule has 0 bridgehead atoms. The molecule has 1 saturated heterocycles. The van der Waals surface area contributed by atoms with Crippen LogP contribution in [0.5, 0.6) is 5.75 Å². The number of hydrogen-bond acceptors (Lipinski definition) is 4. The number of ether oxygens (including phenoxy) is 1. The van der Waals surface area contributed by atoms with Crippen molar-refractivity contribution in [2.24, 2.45) is 0 Å². The van der Waals surface area contributed by atoms with Crippen molar-refractivity contribution in [2.45, 2.75) is 26.8 Å². The zero-order valence-corrected chi connectivity index (χ0v) is 18.9. The van der Waals surface area contributed by atoms with E-state index in [1.807, 2.05) is 68.6 Å². The van der Waals surface area contributed by atoms with Crippen LogP contribution < -0.4 is 10.1 Å². The number of hydrogen-bond donors (Lipinski definition) is 1.